The van der Waals surface area contributed by atoms with E-state index in [1.165, 1.54) is 30.0 Å². The van der Waals surface area contributed by atoms with Crippen molar-refractivity contribution < 1.29 is 13.2 Å². The predicted octanol–water partition coefficient (Wildman–Crippen LogP) is 1.49. The van der Waals surface area contributed by atoms with E-state index in [4.69, 9.17) is 0 Å². The van der Waals surface area contributed by atoms with Crippen LogP contribution in [0.25, 0.3) is 0 Å². The summed E-state index contributed by atoms with van der Waals surface area (Å²) in [6.45, 7) is 6.46. The van der Waals surface area contributed by atoms with Gasteiger partial charge in [-0.15, -0.1) is 0 Å². The Morgan fingerprint density at radius 1 is 1.09 bits per heavy atom. The molecular formula is C15H29N3O3S. The summed E-state index contributed by atoms with van der Waals surface area (Å²) < 4.78 is 25.1. The van der Waals surface area contributed by atoms with E-state index in [0.29, 0.717) is 32.1 Å². The minimum atomic E-state index is -3.13. The molecule has 2 amide bonds. The van der Waals surface area contributed by atoms with Gasteiger partial charge in [0.2, 0.25) is 10.0 Å². The molecule has 0 radical (unpaired) electrons. The minimum Gasteiger partial charge on any atom is -0.338 e. The number of amides is 2. The largest absolute Gasteiger partial charge is 0.338 e. The van der Waals surface area contributed by atoms with Gasteiger partial charge in [-0.1, -0.05) is 19.8 Å². The Morgan fingerprint density at radius 3 is 2.23 bits per heavy atom. The van der Waals surface area contributed by atoms with E-state index in [1.807, 2.05) is 0 Å². The Balaban J connectivity index is 1.71. The van der Waals surface area contributed by atoms with Crippen molar-refractivity contribution in [2.75, 3.05) is 38.5 Å². The van der Waals surface area contributed by atoms with E-state index >= 15 is 0 Å². The summed E-state index contributed by atoms with van der Waals surface area (Å²) in [6.07, 6.45) is 4.91. The van der Waals surface area contributed by atoms with E-state index in [-0.39, 0.29) is 11.8 Å². The van der Waals surface area contributed by atoms with Gasteiger partial charge in [0.1, 0.15) is 0 Å². The van der Waals surface area contributed by atoms with E-state index < -0.39 is 10.0 Å². The molecule has 0 bridgehead atoms. The molecule has 0 unspecified atom stereocenters. The van der Waals surface area contributed by atoms with E-state index in [2.05, 4.69) is 12.2 Å². The second-order valence-corrected chi connectivity index (χ2v) is 8.86. The van der Waals surface area contributed by atoms with Crippen molar-refractivity contribution in [1.29, 1.82) is 0 Å². The first-order chi connectivity index (χ1) is 10.4. The molecule has 0 spiro atoms. The monoisotopic (exact) mass is 331 g/mol. The molecule has 1 heterocycles. The summed E-state index contributed by atoms with van der Waals surface area (Å²) in [6, 6.07) is -0.0489. The fourth-order valence-electron chi connectivity index (χ4n) is 3.23. The van der Waals surface area contributed by atoms with Gasteiger partial charge in [-0.2, -0.15) is 4.31 Å². The number of urea groups is 1. The second-order valence-electron chi connectivity index (χ2n) is 6.60. The van der Waals surface area contributed by atoms with Gasteiger partial charge in [0.25, 0.3) is 0 Å². The van der Waals surface area contributed by atoms with Crippen LogP contribution in [0.1, 0.15) is 39.5 Å². The van der Waals surface area contributed by atoms with Gasteiger partial charge in [0.05, 0.1) is 5.75 Å². The predicted molar refractivity (Wildman–Crippen MR) is 87.1 cm³/mol. The lowest BCUT2D eigenvalue weighted by molar-refractivity contribution is 0.168. The fourth-order valence-corrected chi connectivity index (χ4v) is 4.31. The molecule has 0 aromatic heterocycles. The number of hydrogen-bond acceptors (Lipinski definition) is 3. The molecule has 128 valence electrons. The van der Waals surface area contributed by atoms with Gasteiger partial charge >= 0.3 is 6.03 Å². The summed E-state index contributed by atoms with van der Waals surface area (Å²) in [7, 11) is -3.13. The van der Waals surface area contributed by atoms with Crippen LogP contribution >= 0.6 is 0 Å². The van der Waals surface area contributed by atoms with Crippen molar-refractivity contribution in [3.05, 3.63) is 0 Å². The zero-order valence-corrected chi connectivity index (χ0v) is 14.6. The maximum atomic E-state index is 12.2. The summed E-state index contributed by atoms with van der Waals surface area (Å²) >= 11 is 0. The standard InChI is InChI=1S/C15H29N3O3S/c1-3-22(20,21)18-10-8-17(9-11-18)15(19)16-12-14-6-4-13(2)5-7-14/h13-14H,3-12H2,1-2H3,(H,16,19). The van der Waals surface area contributed by atoms with Crippen LogP contribution in [0.15, 0.2) is 0 Å². The molecule has 0 aromatic carbocycles. The van der Waals surface area contributed by atoms with Crippen LogP contribution < -0.4 is 5.32 Å². The molecule has 2 fully saturated rings. The van der Waals surface area contributed by atoms with Crippen LogP contribution in [0.3, 0.4) is 0 Å². The van der Waals surface area contributed by atoms with Crippen LogP contribution in [-0.2, 0) is 10.0 Å². The first-order valence-electron chi connectivity index (χ1n) is 8.43. The third-order valence-electron chi connectivity index (χ3n) is 4.96. The maximum Gasteiger partial charge on any atom is 0.317 e. The molecule has 1 saturated carbocycles. The van der Waals surface area contributed by atoms with Gasteiger partial charge in [-0.3, -0.25) is 0 Å². The third-order valence-corrected chi connectivity index (χ3v) is 6.84. The fraction of sp³-hybridized carbons (Fsp3) is 0.933. The Bertz CT molecular complexity index is 464. The molecule has 0 aromatic rings. The van der Waals surface area contributed by atoms with Gasteiger partial charge in [-0.05, 0) is 31.6 Å². The maximum absolute atomic E-state index is 12.2. The number of rotatable bonds is 4. The first kappa shape index (κ1) is 17.5. The Labute approximate surface area is 134 Å². The van der Waals surface area contributed by atoms with E-state index in [9.17, 15) is 13.2 Å². The molecule has 1 N–H and O–H groups in total. The SMILES string of the molecule is CCS(=O)(=O)N1CCN(C(=O)NCC2CCC(C)CC2)CC1. The normalized spacial score (nSPS) is 27.6. The lowest BCUT2D eigenvalue weighted by Gasteiger charge is -2.34. The highest BCUT2D eigenvalue weighted by molar-refractivity contribution is 7.89. The molecule has 22 heavy (non-hydrogen) atoms. The Hall–Kier alpha value is -0.820. The highest BCUT2D eigenvalue weighted by Crippen LogP contribution is 2.27. The van der Waals surface area contributed by atoms with E-state index in [1.54, 1.807) is 11.8 Å². The van der Waals surface area contributed by atoms with Crippen molar-refractivity contribution in [3.8, 4) is 0 Å². The lowest BCUT2D eigenvalue weighted by Crippen LogP contribution is -2.53. The van der Waals surface area contributed by atoms with Gasteiger partial charge < -0.3 is 10.2 Å². The molecule has 6 nitrogen and oxygen atoms in total. The summed E-state index contributed by atoms with van der Waals surface area (Å²) in [5, 5.41) is 3.02. The highest BCUT2D eigenvalue weighted by Gasteiger charge is 2.28. The molecule has 2 rings (SSSR count). The van der Waals surface area contributed by atoms with Crippen molar-refractivity contribution in [2.45, 2.75) is 39.5 Å². The van der Waals surface area contributed by atoms with Crippen LogP contribution in [-0.4, -0.2) is 62.1 Å². The first-order valence-corrected chi connectivity index (χ1v) is 10.0. The molecule has 1 aliphatic heterocycles. The van der Waals surface area contributed by atoms with Crippen molar-refractivity contribution >= 4 is 16.1 Å². The average Bonchev–Trinajstić information content (AvgIpc) is 2.54. The van der Waals surface area contributed by atoms with Crippen LogP contribution in [0.2, 0.25) is 0 Å². The lowest BCUT2D eigenvalue weighted by atomic mass is 9.83. The van der Waals surface area contributed by atoms with Crippen molar-refractivity contribution in [3.63, 3.8) is 0 Å². The van der Waals surface area contributed by atoms with Crippen LogP contribution in [0.4, 0.5) is 4.79 Å². The topological polar surface area (TPSA) is 69.7 Å². The smallest absolute Gasteiger partial charge is 0.317 e. The number of carbonyl (C=O) groups is 1. The Morgan fingerprint density at radius 2 is 1.68 bits per heavy atom. The molecule has 1 saturated heterocycles. The number of nitrogens with zero attached hydrogens (tertiary/aromatic N) is 2. The third kappa shape index (κ3) is 4.59. The van der Waals surface area contributed by atoms with Crippen LogP contribution in [0.5, 0.6) is 0 Å². The van der Waals surface area contributed by atoms with Gasteiger partial charge in [0, 0.05) is 32.7 Å². The molecule has 0 atom stereocenters. The summed E-state index contributed by atoms with van der Waals surface area (Å²) in [4.78, 5) is 13.9. The molecule has 7 heteroatoms. The zero-order valence-electron chi connectivity index (χ0n) is 13.8. The van der Waals surface area contributed by atoms with E-state index in [0.717, 1.165) is 12.5 Å². The van der Waals surface area contributed by atoms with Gasteiger partial charge in [-0.25, -0.2) is 13.2 Å². The van der Waals surface area contributed by atoms with Gasteiger partial charge in [0.15, 0.2) is 0 Å². The molecular weight excluding hydrogens is 302 g/mol. The van der Waals surface area contributed by atoms with Crippen LogP contribution in [0, 0.1) is 11.8 Å². The van der Waals surface area contributed by atoms with Crippen molar-refractivity contribution in [2.24, 2.45) is 11.8 Å². The van der Waals surface area contributed by atoms with Crippen molar-refractivity contribution in [1.82, 2.24) is 14.5 Å². The number of carbonyl (C=O) groups excluding carboxylic acids is 1. The minimum absolute atomic E-state index is 0.0489. The second kappa shape index (κ2) is 7.64. The summed E-state index contributed by atoms with van der Waals surface area (Å²) in [5.41, 5.74) is 0. The highest BCUT2D eigenvalue weighted by atomic mass is 32.2. The number of piperazine rings is 1. The molecule has 2 aliphatic rings. The molecule has 1 aliphatic carbocycles. The number of hydrogen-bond donors (Lipinski definition) is 1. The number of nitrogens with one attached hydrogen (secondary N) is 1. The zero-order chi connectivity index (χ0) is 16.2. The number of sulfonamides is 1. The quantitative estimate of drug-likeness (QED) is 0.848. The average molecular weight is 331 g/mol. The Kier molecular flexibility index (Phi) is 6.09. The summed E-state index contributed by atoms with van der Waals surface area (Å²) in [5.74, 6) is 1.54.